The third-order valence-electron chi connectivity index (χ3n) is 2.66. The van der Waals surface area contributed by atoms with Gasteiger partial charge in [0.1, 0.15) is 0 Å². The monoisotopic (exact) mass is 222 g/mol. The van der Waals surface area contributed by atoms with Gasteiger partial charge in [0.05, 0.1) is 16.7 Å². The molecule has 0 radical (unpaired) electrons. The summed E-state index contributed by atoms with van der Waals surface area (Å²) in [7, 11) is 1.95. The van der Waals surface area contributed by atoms with E-state index in [4.69, 9.17) is 11.6 Å². The highest BCUT2D eigenvalue weighted by molar-refractivity contribution is 6.35. The van der Waals surface area contributed by atoms with Gasteiger partial charge in [-0.05, 0) is 17.0 Å². The average Bonchev–Trinajstić information content (AvgIpc) is 2.48. The summed E-state index contributed by atoms with van der Waals surface area (Å²) < 4.78 is 1.89. The second-order valence-electron chi connectivity index (χ2n) is 4.88. The van der Waals surface area contributed by atoms with Crippen LogP contribution in [0.25, 0.3) is 10.9 Å². The minimum Gasteiger partial charge on any atom is -0.268 e. The lowest BCUT2D eigenvalue weighted by molar-refractivity contribution is 0.590. The Kier molecular flexibility index (Phi) is 2.27. The Bertz CT molecular complexity index is 506. The summed E-state index contributed by atoms with van der Waals surface area (Å²) in [6, 6.07) is 4.04. The molecule has 2 rings (SSSR count). The first-order chi connectivity index (χ1) is 6.91. The van der Waals surface area contributed by atoms with Gasteiger partial charge >= 0.3 is 0 Å². The van der Waals surface area contributed by atoms with Gasteiger partial charge in [0.15, 0.2) is 0 Å². The van der Waals surface area contributed by atoms with Gasteiger partial charge < -0.3 is 0 Å². The second kappa shape index (κ2) is 3.24. The maximum atomic E-state index is 6.14. The summed E-state index contributed by atoms with van der Waals surface area (Å²) in [6.07, 6.45) is 1.83. The van der Waals surface area contributed by atoms with Crippen LogP contribution in [0.5, 0.6) is 0 Å². The molecule has 80 valence electrons. The Morgan fingerprint density at radius 1 is 1.27 bits per heavy atom. The predicted octanol–water partition coefficient (Wildman–Crippen LogP) is 3.52. The van der Waals surface area contributed by atoms with Crippen LogP contribution < -0.4 is 0 Å². The van der Waals surface area contributed by atoms with E-state index in [1.54, 1.807) is 0 Å². The summed E-state index contributed by atoms with van der Waals surface area (Å²) in [5.74, 6) is 0. The molecule has 0 aliphatic heterocycles. The van der Waals surface area contributed by atoms with E-state index in [0.29, 0.717) is 0 Å². The average molecular weight is 223 g/mol. The first-order valence-electron chi connectivity index (χ1n) is 5.02. The highest BCUT2D eigenvalue weighted by Crippen LogP contribution is 2.33. The zero-order valence-corrected chi connectivity index (χ0v) is 10.3. The van der Waals surface area contributed by atoms with Gasteiger partial charge in [0, 0.05) is 12.4 Å². The molecule has 0 aliphatic carbocycles. The molecule has 2 nitrogen and oxygen atoms in total. The molecule has 0 N–H and O–H groups in total. The Morgan fingerprint density at radius 2 is 1.93 bits per heavy atom. The molecule has 3 heteroatoms. The lowest BCUT2D eigenvalue weighted by Gasteiger charge is -2.20. The van der Waals surface area contributed by atoms with E-state index >= 15 is 0 Å². The van der Waals surface area contributed by atoms with Crippen LogP contribution >= 0.6 is 11.6 Å². The van der Waals surface area contributed by atoms with Gasteiger partial charge in [-0.15, -0.1) is 0 Å². The molecular weight excluding hydrogens is 208 g/mol. The van der Waals surface area contributed by atoms with Crippen LogP contribution in [0, 0.1) is 0 Å². The minimum atomic E-state index is 0.108. The Morgan fingerprint density at radius 3 is 2.53 bits per heavy atom. The highest BCUT2D eigenvalue weighted by Gasteiger charge is 2.19. The number of halogens is 1. The molecular formula is C12H15ClN2. The summed E-state index contributed by atoms with van der Waals surface area (Å²) in [5.41, 5.74) is 2.52. The first kappa shape index (κ1) is 10.5. The summed E-state index contributed by atoms with van der Waals surface area (Å²) in [4.78, 5) is 0. The quantitative estimate of drug-likeness (QED) is 0.667. The van der Waals surface area contributed by atoms with Crippen molar-refractivity contribution in [1.29, 1.82) is 0 Å². The number of hydrogen-bond donors (Lipinski definition) is 0. The van der Waals surface area contributed by atoms with Crippen LogP contribution in [0.4, 0.5) is 0 Å². The maximum absolute atomic E-state index is 6.14. The van der Waals surface area contributed by atoms with Crippen LogP contribution in [0.15, 0.2) is 18.3 Å². The van der Waals surface area contributed by atoms with Crippen molar-refractivity contribution in [2.75, 3.05) is 0 Å². The number of hydrogen-bond acceptors (Lipinski definition) is 1. The third-order valence-corrected chi connectivity index (χ3v) is 2.99. The van der Waals surface area contributed by atoms with Crippen molar-refractivity contribution < 1.29 is 0 Å². The normalized spacial score (nSPS) is 12.3. The molecule has 1 aromatic heterocycles. The topological polar surface area (TPSA) is 17.8 Å². The second-order valence-corrected chi connectivity index (χ2v) is 5.28. The fourth-order valence-corrected chi connectivity index (χ4v) is 2.06. The van der Waals surface area contributed by atoms with Crippen LogP contribution in [0.2, 0.25) is 5.02 Å². The van der Waals surface area contributed by atoms with Gasteiger partial charge in [-0.2, -0.15) is 5.10 Å². The van der Waals surface area contributed by atoms with E-state index in [0.717, 1.165) is 15.9 Å². The Hall–Kier alpha value is -1.02. The number of rotatable bonds is 0. The van der Waals surface area contributed by atoms with Crippen molar-refractivity contribution >= 4 is 22.5 Å². The molecule has 0 fully saturated rings. The lowest BCUT2D eigenvalue weighted by Crippen LogP contribution is -2.13. The summed E-state index contributed by atoms with van der Waals surface area (Å²) >= 11 is 6.14. The van der Waals surface area contributed by atoms with Crippen molar-refractivity contribution in [1.82, 2.24) is 9.78 Å². The highest BCUT2D eigenvalue weighted by atomic mass is 35.5. The number of aromatic nitrogens is 2. The summed E-state index contributed by atoms with van der Waals surface area (Å²) in [6.45, 7) is 6.59. The molecule has 1 heterocycles. The predicted molar refractivity (Wildman–Crippen MR) is 64.4 cm³/mol. The molecule has 1 aromatic carbocycles. The van der Waals surface area contributed by atoms with E-state index < -0.39 is 0 Å². The van der Waals surface area contributed by atoms with Gasteiger partial charge in [0.25, 0.3) is 0 Å². The molecule has 0 saturated carbocycles. The van der Waals surface area contributed by atoms with Crippen molar-refractivity contribution in [3.63, 3.8) is 0 Å². The molecule has 0 aliphatic rings. The van der Waals surface area contributed by atoms with E-state index in [1.807, 2.05) is 24.0 Å². The minimum absolute atomic E-state index is 0.108. The van der Waals surface area contributed by atoms with E-state index in [-0.39, 0.29) is 5.41 Å². The Balaban J connectivity index is 2.87. The largest absolute Gasteiger partial charge is 0.268 e. The van der Waals surface area contributed by atoms with Crippen molar-refractivity contribution in [2.24, 2.45) is 7.05 Å². The molecule has 0 amide bonds. The van der Waals surface area contributed by atoms with E-state index in [1.165, 1.54) is 5.56 Å². The SMILES string of the molecule is Cn1ncc2c(Cl)ccc(C(C)(C)C)c21. The number of aryl methyl sites for hydroxylation is 1. The molecule has 15 heavy (non-hydrogen) atoms. The molecule has 2 aromatic rings. The van der Waals surface area contributed by atoms with E-state index in [9.17, 15) is 0 Å². The molecule has 0 atom stereocenters. The molecule has 0 spiro atoms. The zero-order valence-electron chi connectivity index (χ0n) is 9.50. The number of nitrogens with zero attached hydrogens (tertiary/aromatic N) is 2. The molecule has 0 saturated heterocycles. The summed E-state index contributed by atoms with van der Waals surface area (Å²) in [5, 5.41) is 6.07. The van der Waals surface area contributed by atoms with Crippen molar-refractivity contribution in [3.05, 3.63) is 28.9 Å². The number of fused-ring (bicyclic) bond motifs is 1. The van der Waals surface area contributed by atoms with Crippen LogP contribution in [-0.4, -0.2) is 9.78 Å². The molecule has 0 bridgehead atoms. The van der Waals surface area contributed by atoms with Crippen LogP contribution in [0.3, 0.4) is 0 Å². The fourth-order valence-electron chi connectivity index (χ4n) is 1.86. The standard InChI is InChI=1S/C12H15ClN2/c1-12(2,3)9-5-6-10(13)8-7-14-15(4)11(8)9/h5-7H,1-4H3. The van der Waals surface area contributed by atoms with Crippen LogP contribution in [-0.2, 0) is 12.5 Å². The molecule has 0 unspecified atom stereocenters. The van der Waals surface area contributed by atoms with Gasteiger partial charge in [-0.25, -0.2) is 0 Å². The number of benzene rings is 1. The Labute approximate surface area is 94.8 Å². The van der Waals surface area contributed by atoms with Crippen LogP contribution in [0.1, 0.15) is 26.3 Å². The fraction of sp³-hybridized carbons (Fsp3) is 0.417. The van der Waals surface area contributed by atoms with Gasteiger partial charge in [-0.3, -0.25) is 4.68 Å². The smallest absolute Gasteiger partial charge is 0.0731 e. The van der Waals surface area contributed by atoms with Crippen molar-refractivity contribution in [2.45, 2.75) is 26.2 Å². The van der Waals surface area contributed by atoms with E-state index in [2.05, 4.69) is 31.9 Å². The lowest BCUT2D eigenvalue weighted by atomic mass is 9.86. The van der Waals surface area contributed by atoms with Gasteiger partial charge in [0.2, 0.25) is 0 Å². The van der Waals surface area contributed by atoms with Crippen molar-refractivity contribution in [3.8, 4) is 0 Å². The zero-order chi connectivity index (χ0) is 11.2. The maximum Gasteiger partial charge on any atom is 0.0731 e. The first-order valence-corrected chi connectivity index (χ1v) is 5.40. The van der Waals surface area contributed by atoms with Gasteiger partial charge in [-0.1, -0.05) is 38.4 Å². The third kappa shape index (κ3) is 1.63.